The standard InChI is InChI=1S/C106H107BN4/c1-100(2,3)70-38-30-34-66(54-70)83-58-74(104(13,14)15)59-84(67-35-31-39-71(55-67)101(4,5)6)98(83)110-93-64-77(108-89-46-26-22-42-79(89)80-43-23-27-47-90(80)108)50-52-87(93)107-88-53-51-78(109-91-48-28-24-44-81(91)82-45-25-29-49-92(82)109)65-94(88)111(96-63-76(106(19,20)21)62-95(110)97(96)107)99-85(68-36-32-40-72(56-68)102(7,8)9)60-75(105(16,17)18)61-86(99)69-37-33-41-73(57-69)103(10,11)12/h22-65H,1-21H3/i22D,23D,24D,25D,26D,27D,28D,29D,42D,43D,44D,45D,46D,47D,48D,49D. The van der Waals surface area contributed by atoms with Crippen molar-refractivity contribution in [2.75, 3.05) is 9.80 Å². The molecule has 4 heterocycles. The fraction of sp³-hybridized carbons (Fsp3) is 0.264. The first-order valence-electron chi connectivity index (χ1n) is 47.0. The maximum absolute atomic E-state index is 10.0. The molecule has 0 bridgehead atoms. The predicted octanol–water partition coefficient (Wildman–Crippen LogP) is 27.7. The van der Waals surface area contributed by atoms with Crippen LogP contribution in [0.25, 0.3) is 99.5 Å². The second-order valence-electron chi connectivity index (χ2n) is 38.0. The molecular formula is C106H107BN4. The first-order chi connectivity index (χ1) is 59.1. The Balaban J connectivity index is 1.15. The van der Waals surface area contributed by atoms with Gasteiger partial charge < -0.3 is 18.9 Å². The number of nitrogens with zero attached hydrogens (tertiary/aromatic N) is 4. The Morgan fingerprint density at radius 3 is 0.766 bits per heavy atom. The minimum Gasteiger partial charge on any atom is -0.310 e. The first-order valence-corrected chi connectivity index (χ1v) is 39.0. The van der Waals surface area contributed by atoms with Crippen LogP contribution in [0.3, 0.4) is 0 Å². The van der Waals surface area contributed by atoms with E-state index in [1.807, 2.05) is 24.3 Å². The lowest BCUT2D eigenvalue weighted by atomic mass is 9.33. The molecule has 0 saturated heterocycles. The van der Waals surface area contributed by atoms with Gasteiger partial charge in [0.1, 0.15) is 0 Å². The van der Waals surface area contributed by atoms with E-state index in [1.54, 1.807) is 9.13 Å². The zero-order valence-electron chi connectivity index (χ0n) is 84.0. The molecule has 0 radical (unpaired) electrons. The summed E-state index contributed by atoms with van der Waals surface area (Å²) in [4.78, 5) is 4.82. The molecule has 0 fully saturated rings. The fourth-order valence-corrected chi connectivity index (χ4v) is 16.6. The Kier molecular flexibility index (Phi) is 13.1. The first kappa shape index (κ1) is 56.4. The van der Waals surface area contributed by atoms with Gasteiger partial charge in [0.15, 0.2) is 0 Å². The van der Waals surface area contributed by atoms with Gasteiger partial charge >= 0.3 is 0 Å². The van der Waals surface area contributed by atoms with Gasteiger partial charge in [0.25, 0.3) is 6.71 Å². The van der Waals surface area contributed by atoms with E-state index in [0.29, 0.717) is 22.7 Å². The highest BCUT2D eigenvalue weighted by Gasteiger charge is 2.47. The van der Waals surface area contributed by atoms with Gasteiger partial charge in [0.2, 0.25) is 0 Å². The summed E-state index contributed by atoms with van der Waals surface area (Å²) in [6.45, 7) is 45.9. The van der Waals surface area contributed by atoms with Crippen LogP contribution in [0.15, 0.2) is 267 Å². The summed E-state index contributed by atoms with van der Waals surface area (Å²) < 4.78 is 157. The minimum atomic E-state index is -0.788. The van der Waals surface area contributed by atoms with Gasteiger partial charge in [-0.15, -0.1) is 0 Å². The van der Waals surface area contributed by atoms with E-state index in [1.165, 1.54) is 0 Å². The van der Waals surface area contributed by atoms with Crippen LogP contribution in [0.5, 0.6) is 0 Å². The number of hydrogen-bond acceptors (Lipinski definition) is 2. The molecule has 0 atom stereocenters. The molecule has 0 unspecified atom stereocenters. The monoisotopic (exact) mass is 1460 g/mol. The number of para-hydroxylation sites is 4. The molecule has 17 rings (SSSR count). The molecule has 0 N–H and O–H groups in total. The highest BCUT2D eigenvalue weighted by atomic mass is 15.2. The average Bonchev–Trinajstić information content (AvgIpc) is 0.766. The third-order valence-electron chi connectivity index (χ3n) is 23.0. The van der Waals surface area contributed by atoms with E-state index < -0.39 is 120 Å². The Hall–Kier alpha value is -10.9. The average molecular weight is 1460 g/mol. The third-order valence-corrected chi connectivity index (χ3v) is 23.0. The molecule has 13 aromatic carbocycles. The lowest BCUT2D eigenvalue weighted by molar-refractivity contribution is 0.589. The van der Waals surface area contributed by atoms with Crippen molar-refractivity contribution in [1.29, 1.82) is 0 Å². The number of rotatable bonds is 8. The normalized spacial score (nSPS) is 15.6. The number of fused-ring (bicyclic) bond motifs is 10. The van der Waals surface area contributed by atoms with Gasteiger partial charge in [-0.1, -0.05) is 327 Å². The van der Waals surface area contributed by atoms with Crippen molar-refractivity contribution >= 4 is 101 Å². The van der Waals surface area contributed by atoms with E-state index in [0.717, 1.165) is 123 Å². The molecule has 0 spiro atoms. The fourth-order valence-electron chi connectivity index (χ4n) is 16.6. The second-order valence-corrected chi connectivity index (χ2v) is 38.0. The van der Waals surface area contributed by atoms with E-state index >= 15 is 0 Å². The molecule has 4 nitrogen and oxygen atoms in total. The maximum Gasteiger partial charge on any atom is 0.252 e. The van der Waals surface area contributed by atoms with E-state index in [-0.39, 0.29) is 65.3 Å². The van der Waals surface area contributed by atoms with Gasteiger partial charge in [-0.3, -0.25) is 0 Å². The number of anilines is 6. The van der Waals surface area contributed by atoms with Crippen LogP contribution < -0.4 is 26.2 Å². The van der Waals surface area contributed by atoms with Gasteiger partial charge in [-0.05, 0) is 200 Å². The summed E-state index contributed by atoms with van der Waals surface area (Å²) in [5, 5.41) is -0.266. The SMILES string of the molecule is [2H]c1c([2H])c([2H])c2c(c1[2H])c1c([2H])c([2H])c([2H])c([2H])c1n2-c1ccc2c(c1)N(c1c(-c3cccc(C(C)(C)C)c3)cc(C(C)(C)C)cc1-c1cccc(C(C)(C)C)c1)c1cc(C(C)(C)C)cc3c1B2c1ccc(-n2c4c([2H])c([2H])c([2H])c([2H])c4c4c([2H])c([2H])c([2H])c([2H])c42)cc1N3c1c(-c2cccc(C(C)(C)C)c2)cc(C(C)(C)C)cc1-c1cccc(C(C)(C)C)c1. The number of hydrogen-bond donors (Lipinski definition) is 0. The molecule has 15 aromatic rings. The Bertz CT molecular complexity index is 6550. The summed E-state index contributed by atoms with van der Waals surface area (Å²) in [7, 11) is 0. The summed E-state index contributed by atoms with van der Waals surface area (Å²) >= 11 is 0. The summed E-state index contributed by atoms with van der Waals surface area (Å²) in [5.41, 5.74) is 19.0. The third kappa shape index (κ3) is 12.5. The van der Waals surface area contributed by atoms with Crippen LogP contribution in [-0.4, -0.2) is 15.8 Å². The summed E-state index contributed by atoms with van der Waals surface area (Å²) in [6.07, 6.45) is 0. The van der Waals surface area contributed by atoms with Crippen LogP contribution in [-0.2, 0) is 37.9 Å². The largest absolute Gasteiger partial charge is 0.310 e. The quantitative estimate of drug-likeness (QED) is 0.141. The maximum atomic E-state index is 10.0. The molecule has 2 aromatic heterocycles. The lowest BCUT2D eigenvalue weighted by Gasteiger charge is -2.47. The zero-order chi connectivity index (χ0) is 92.1. The Morgan fingerprint density at radius 1 is 0.252 bits per heavy atom. The van der Waals surface area contributed by atoms with Crippen molar-refractivity contribution in [1.82, 2.24) is 9.13 Å². The van der Waals surface area contributed by atoms with Crippen LogP contribution in [0.1, 0.15) is 206 Å². The second kappa shape index (κ2) is 25.9. The minimum absolute atomic E-state index is 0.0435. The Labute approximate surface area is 683 Å². The van der Waals surface area contributed by atoms with Crippen LogP contribution in [0, 0.1) is 0 Å². The number of aromatic nitrogens is 2. The molecule has 554 valence electrons. The molecular weight excluding hydrogens is 1340 g/mol. The number of benzene rings is 13. The zero-order valence-corrected chi connectivity index (χ0v) is 68.0. The van der Waals surface area contributed by atoms with Crippen molar-refractivity contribution in [3.63, 3.8) is 0 Å². The smallest absolute Gasteiger partial charge is 0.252 e. The molecule has 0 amide bonds. The molecule has 2 aliphatic heterocycles. The van der Waals surface area contributed by atoms with Crippen molar-refractivity contribution in [2.24, 2.45) is 0 Å². The van der Waals surface area contributed by atoms with Crippen molar-refractivity contribution < 1.29 is 21.9 Å². The van der Waals surface area contributed by atoms with Gasteiger partial charge in [-0.25, -0.2) is 0 Å². The van der Waals surface area contributed by atoms with Gasteiger partial charge in [-0.2, -0.15) is 0 Å². The van der Waals surface area contributed by atoms with Crippen LogP contribution >= 0.6 is 0 Å². The van der Waals surface area contributed by atoms with Crippen LogP contribution in [0.4, 0.5) is 34.1 Å². The summed E-state index contributed by atoms with van der Waals surface area (Å²) in [6, 6.07) is 53.2. The predicted molar refractivity (Wildman–Crippen MR) is 482 cm³/mol. The van der Waals surface area contributed by atoms with Crippen LogP contribution in [0.2, 0.25) is 0 Å². The molecule has 111 heavy (non-hydrogen) atoms. The van der Waals surface area contributed by atoms with E-state index in [4.69, 9.17) is 0 Å². The highest BCUT2D eigenvalue weighted by Crippen LogP contribution is 2.57. The molecule has 5 heteroatoms. The Morgan fingerprint density at radius 2 is 0.505 bits per heavy atom. The molecule has 0 aliphatic carbocycles. The van der Waals surface area contributed by atoms with Gasteiger partial charge in [0.05, 0.1) is 55.4 Å². The van der Waals surface area contributed by atoms with Crippen molar-refractivity contribution in [3.8, 4) is 55.9 Å². The highest BCUT2D eigenvalue weighted by molar-refractivity contribution is 7.00. The van der Waals surface area contributed by atoms with Crippen molar-refractivity contribution in [2.45, 2.75) is 183 Å². The molecule has 2 aliphatic rings. The lowest BCUT2D eigenvalue weighted by Crippen LogP contribution is -2.61. The van der Waals surface area contributed by atoms with E-state index in [2.05, 4.69) is 301 Å². The van der Waals surface area contributed by atoms with Crippen molar-refractivity contribution in [3.05, 3.63) is 305 Å². The molecule has 0 saturated carbocycles. The summed E-state index contributed by atoms with van der Waals surface area (Å²) in [5.74, 6) is 0. The van der Waals surface area contributed by atoms with E-state index in [9.17, 15) is 21.9 Å². The van der Waals surface area contributed by atoms with Gasteiger partial charge in [0, 0.05) is 77.9 Å². The topological polar surface area (TPSA) is 16.3 Å².